The summed E-state index contributed by atoms with van der Waals surface area (Å²) in [6, 6.07) is 9.73. The highest BCUT2D eigenvalue weighted by molar-refractivity contribution is 7.75. The molecular formula is C21H23N3O5S. The summed E-state index contributed by atoms with van der Waals surface area (Å²) in [6.45, 7) is 1.24. The molecule has 1 fully saturated rings. The van der Waals surface area contributed by atoms with Crippen LogP contribution in [0.1, 0.15) is 50.2 Å². The molecule has 30 heavy (non-hydrogen) atoms. The SMILES string of the molecule is C[C@@](C[C@H]1CC(c2ccc(C#CC3CC(CC#N)C3)cc2)=NO1)(C(=O)NO)[SH](=O)=O. The van der Waals surface area contributed by atoms with Gasteiger partial charge in [-0.05, 0) is 43.4 Å². The molecule has 0 spiro atoms. The number of rotatable bonds is 6. The Balaban J connectivity index is 1.57. The van der Waals surface area contributed by atoms with E-state index in [1.165, 1.54) is 12.4 Å². The topological polar surface area (TPSA) is 129 Å². The van der Waals surface area contributed by atoms with E-state index in [0.29, 0.717) is 30.4 Å². The van der Waals surface area contributed by atoms with Crippen molar-refractivity contribution in [1.82, 2.24) is 5.48 Å². The van der Waals surface area contributed by atoms with Gasteiger partial charge in [-0.3, -0.25) is 10.0 Å². The molecule has 0 bridgehead atoms. The first-order chi connectivity index (χ1) is 14.4. The van der Waals surface area contributed by atoms with Crippen molar-refractivity contribution in [3.05, 3.63) is 35.4 Å². The fourth-order valence-corrected chi connectivity index (χ4v) is 4.17. The molecule has 1 aromatic rings. The summed E-state index contributed by atoms with van der Waals surface area (Å²) < 4.78 is 21.3. The van der Waals surface area contributed by atoms with Crippen molar-refractivity contribution in [2.24, 2.45) is 17.0 Å². The number of hydrogen-bond donors (Lipinski definition) is 3. The minimum absolute atomic E-state index is 0.122. The molecule has 9 heteroatoms. The largest absolute Gasteiger partial charge is 0.392 e. The lowest BCUT2D eigenvalue weighted by molar-refractivity contribution is -0.132. The summed E-state index contributed by atoms with van der Waals surface area (Å²) in [6.07, 6.45) is 2.21. The zero-order chi connectivity index (χ0) is 21.7. The van der Waals surface area contributed by atoms with E-state index in [9.17, 15) is 13.2 Å². The third kappa shape index (κ3) is 4.81. The van der Waals surface area contributed by atoms with Crippen molar-refractivity contribution < 1.29 is 23.3 Å². The van der Waals surface area contributed by atoms with Gasteiger partial charge in [-0.15, -0.1) is 0 Å². The monoisotopic (exact) mass is 429 g/mol. The molecule has 158 valence electrons. The molecule has 8 nitrogen and oxygen atoms in total. The van der Waals surface area contributed by atoms with E-state index < -0.39 is 27.5 Å². The number of nitrogens with one attached hydrogen (secondary N) is 1. The number of nitrogens with zero attached hydrogens (tertiary/aromatic N) is 2. The number of nitriles is 1. The fourth-order valence-electron chi connectivity index (χ4n) is 3.60. The van der Waals surface area contributed by atoms with Gasteiger partial charge in [0.05, 0.1) is 11.8 Å². The van der Waals surface area contributed by atoms with Gasteiger partial charge in [0.1, 0.15) is 6.10 Å². The maximum absolute atomic E-state index is 11.8. The Morgan fingerprint density at radius 1 is 1.37 bits per heavy atom. The first-order valence-corrected chi connectivity index (χ1v) is 10.8. The van der Waals surface area contributed by atoms with E-state index in [4.69, 9.17) is 15.3 Å². The van der Waals surface area contributed by atoms with E-state index in [1.807, 2.05) is 24.3 Å². The van der Waals surface area contributed by atoms with Crippen molar-refractivity contribution in [2.45, 2.75) is 49.9 Å². The van der Waals surface area contributed by atoms with Crippen molar-refractivity contribution in [2.75, 3.05) is 0 Å². The van der Waals surface area contributed by atoms with Gasteiger partial charge in [-0.2, -0.15) is 5.26 Å². The molecule has 1 aliphatic heterocycles. The van der Waals surface area contributed by atoms with Crippen molar-refractivity contribution >= 4 is 22.3 Å². The van der Waals surface area contributed by atoms with E-state index in [0.717, 1.165) is 24.0 Å². The first kappa shape index (κ1) is 21.8. The maximum Gasteiger partial charge on any atom is 0.264 e. The molecule has 1 aliphatic carbocycles. The minimum atomic E-state index is -3.13. The van der Waals surface area contributed by atoms with E-state index in [2.05, 4.69) is 23.1 Å². The second kappa shape index (κ2) is 9.29. The van der Waals surface area contributed by atoms with Crippen molar-refractivity contribution in [1.29, 1.82) is 5.26 Å². The molecule has 1 saturated carbocycles. The van der Waals surface area contributed by atoms with E-state index in [1.54, 1.807) is 0 Å². The third-order valence-electron chi connectivity index (χ3n) is 5.61. The molecule has 2 aliphatic rings. The van der Waals surface area contributed by atoms with Gasteiger partial charge in [0.25, 0.3) is 5.91 Å². The first-order valence-electron chi connectivity index (χ1n) is 9.66. The van der Waals surface area contributed by atoms with Crippen LogP contribution in [0.3, 0.4) is 0 Å². The molecule has 0 saturated heterocycles. The van der Waals surface area contributed by atoms with Crippen LogP contribution < -0.4 is 5.48 Å². The zero-order valence-electron chi connectivity index (χ0n) is 16.5. The predicted molar refractivity (Wildman–Crippen MR) is 109 cm³/mol. The second-order valence-corrected chi connectivity index (χ2v) is 9.39. The standard InChI is InChI=1S/C21H23N3O5S/c1-21(30(27)28,20(25)23-26)13-18-12-19(24-29-18)17-6-4-14(5-7-17)2-3-15-10-16(11-15)8-9-22/h4-7,15-16,18,26,30H,8,10-13H2,1H3,(H,23,25)/t15?,16?,18-,21-/m1/s1. The molecule has 1 aromatic carbocycles. The van der Waals surface area contributed by atoms with Gasteiger partial charge in [0, 0.05) is 30.7 Å². The molecule has 2 atom stereocenters. The Labute approximate surface area is 176 Å². The van der Waals surface area contributed by atoms with Gasteiger partial charge in [-0.25, -0.2) is 13.9 Å². The smallest absolute Gasteiger partial charge is 0.264 e. The zero-order valence-corrected chi connectivity index (χ0v) is 17.4. The Morgan fingerprint density at radius 2 is 2.07 bits per heavy atom. The Hall–Kier alpha value is -2.88. The van der Waals surface area contributed by atoms with Crippen LogP contribution in [0.5, 0.6) is 0 Å². The van der Waals surface area contributed by atoms with E-state index >= 15 is 0 Å². The summed E-state index contributed by atoms with van der Waals surface area (Å²) in [4.78, 5) is 17.1. The average Bonchev–Trinajstić information content (AvgIpc) is 3.17. The predicted octanol–water partition coefficient (Wildman–Crippen LogP) is 1.74. The molecule has 0 radical (unpaired) electrons. The molecule has 1 amide bonds. The number of carbonyl (C=O) groups is 1. The Kier molecular flexibility index (Phi) is 6.76. The Bertz CT molecular complexity index is 1000. The van der Waals surface area contributed by atoms with Crippen molar-refractivity contribution in [3.8, 4) is 17.9 Å². The normalized spacial score (nSPS) is 24.3. The van der Waals surface area contributed by atoms with Gasteiger partial charge in [-0.1, -0.05) is 29.1 Å². The summed E-state index contributed by atoms with van der Waals surface area (Å²) >= 11 is 0. The quantitative estimate of drug-likeness (QED) is 0.273. The summed E-state index contributed by atoms with van der Waals surface area (Å²) in [5.41, 5.74) is 3.78. The summed E-state index contributed by atoms with van der Waals surface area (Å²) in [5.74, 6) is 6.24. The lowest BCUT2D eigenvalue weighted by atomic mass is 9.74. The lowest BCUT2D eigenvalue weighted by Crippen LogP contribution is -2.46. The molecule has 2 N–H and O–H groups in total. The molecule has 0 unspecified atom stereocenters. The number of benzene rings is 1. The third-order valence-corrected chi connectivity index (χ3v) is 6.80. The van der Waals surface area contributed by atoms with Crippen LogP contribution in [-0.2, 0) is 20.3 Å². The number of oxime groups is 1. The number of thiol groups is 1. The average molecular weight is 429 g/mol. The lowest BCUT2D eigenvalue weighted by Gasteiger charge is -2.29. The van der Waals surface area contributed by atoms with Gasteiger partial charge < -0.3 is 4.84 Å². The molecule has 3 rings (SSSR count). The van der Waals surface area contributed by atoms with Crippen LogP contribution in [-0.4, -0.2) is 36.1 Å². The van der Waals surface area contributed by atoms with Crippen LogP contribution >= 0.6 is 0 Å². The highest BCUT2D eigenvalue weighted by Gasteiger charge is 2.42. The van der Waals surface area contributed by atoms with Gasteiger partial charge in [0.2, 0.25) is 0 Å². The van der Waals surface area contributed by atoms with Crippen molar-refractivity contribution in [3.63, 3.8) is 0 Å². The molecule has 0 aromatic heterocycles. The number of hydroxylamine groups is 1. The van der Waals surface area contributed by atoms with Crippen LogP contribution in [0.15, 0.2) is 29.4 Å². The van der Waals surface area contributed by atoms with Crippen LogP contribution in [0.25, 0.3) is 0 Å². The molecular weight excluding hydrogens is 406 g/mol. The number of amides is 1. The van der Waals surface area contributed by atoms with Crippen LogP contribution in [0, 0.1) is 35.0 Å². The second-order valence-electron chi connectivity index (χ2n) is 7.89. The van der Waals surface area contributed by atoms with Gasteiger partial charge in [0.15, 0.2) is 15.5 Å². The number of hydrogen-bond acceptors (Lipinski definition) is 7. The van der Waals surface area contributed by atoms with Gasteiger partial charge >= 0.3 is 0 Å². The van der Waals surface area contributed by atoms with Crippen LogP contribution in [0.4, 0.5) is 0 Å². The summed E-state index contributed by atoms with van der Waals surface area (Å²) in [7, 11) is -3.13. The molecule has 1 heterocycles. The van der Waals surface area contributed by atoms with Crippen LogP contribution in [0.2, 0.25) is 0 Å². The highest BCUT2D eigenvalue weighted by atomic mass is 32.2. The maximum atomic E-state index is 11.8. The minimum Gasteiger partial charge on any atom is -0.392 e. The fraction of sp³-hybridized carbons (Fsp3) is 0.476. The van der Waals surface area contributed by atoms with E-state index in [-0.39, 0.29) is 6.42 Å². The summed E-state index contributed by atoms with van der Waals surface area (Å²) in [5, 5.41) is 21.5. The Morgan fingerprint density at radius 3 is 2.67 bits per heavy atom. The highest BCUT2D eigenvalue weighted by Crippen LogP contribution is 2.35. The number of carbonyl (C=O) groups excluding carboxylic acids is 1.